The molecule has 5 nitrogen and oxygen atoms in total. The first-order valence-electron chi connectivity index (χ1n) is 5.45. The smallest absolute Gasteiger partial charge is 0.175 e. The van der Waals surface area contributed by atoms with Gasteiger partial charge in [-0.05, 0) is 17.7 Å². The van der Waals surface area contributed by atoms with Crippen molar-refractivity contribution in [2.45, 2.75) is 11.4 Å². The summed E-state index contributed by atoms with van der Waals surface area (Å²) in [6.45, 7) is 0.501. The molecule has 100 valence electrons. The van der Waals surface area contributed by atoms with Gasteiger partial charge in [0.1, 0.15) is 17.2 Å². The van der Waals surface area contributed by atoms with Crippen LogP contribution in [0.25, 0.3) is 0 Å². The Bertz CT molecular complexity index is 672. The number of rotatable bonds is 4. The summed E-state index contributed by atoms with van der Waals surface area (Å²) < 4.78 is 22.6. The van der Waals surface area contributed by atoms with Crippen LogP contribution in [0, 0.1) is 0 Å². The summed E-state index contributed by atoms with van der Waals surface area (Å²) in [6.07, 6.45) is 4.09. The van der Waals surface area contributed by atoms with Crippen molar-refractivity contribution in [3.05, 3.63) is 47.4 Å². The number of hydrogen-bond donors (Lipinski definition) is 1. The minimum atomic E-state index is -3.16. The lowest BCUT2D eigenvalue weighted by Crippen LogP contribution is -2.03. The van der Waals surface area contributed by atoms with Gasteiger partial charge in [0.15, 0.2) is 9.84 Å². The van der Waals surface area contributed by atoms with Crippen LogP contribution in [0.5, 0.6) is 0 Å². The third-order valence-electron chi connectivity index (χ3n) is 2.48. The summed E-state index contributed by atoms with van der Waals surface area (Å²) in [4.78, 5) is 8.09. The normalized spacial score (nSPS) is 11.3. The van der Waals surface area contributed by atoms with Gasteiger partial charge in [0.2, 0.25) is 0 Å². The van der Waals surface area contributed by atoms with E-state index in [0.717, 1.165) is 5.56 Å². The van der Waals surface area contributed by atoms with Crippen LogP contribution in [0.3, 0.4) is 0 Å². The monoisotopic (exact) mass is 297 g/mol. The average Bonchev–Trinajstić information content (AvgIpc) is 2.37. The number of nitrogens with zero attached hydrogens (tertiary/aromatic N) is 2. The molecule has 0 fully saturated rings. The van der Waals surface area contributed by atoms with E-state index in [1.807, 2.05) is 0 Å². The molecule has 0 amide bonds. The zero-order chi connectivity index (χ0) is 13.9. The fourth-order valence-corrected chi connectivity index (χ4v) is 2.29. The van der Waals surface area contributed by atoms with Crippen molar-refractivity contribution in [1.29, 1.82) is 0 Å². The largest absolute Gasteiger partial charge is 0.365 e. The van der Waals surface area contributed by atoms with E-state index in [2.05, 4.69) is 15.3 Å². The molecular weight excluding hydrogens is 286 g/mol. The van der Waals surface area contributed by atoms with Crippen LogP contribution < -0.4 is 5.32 Å². The van der Waals surface area contributed by atoms with Gasteiger partial charge in [0.25, 0.3) is 0 Å². The number of sulfone groups is 1. The summed E-state index contributed by atoms with van der Waals surface area (Å²) in [5.41, 5.74) is 0.932. The Morgan fingerprint density at radius 1 is 1.26 bits per heavy atom. The van der Waals surface area contributed by atoms with Gasteiger partial charge in [0.05, 0.1) is 11.1 Å². The molecule has 0 aliphatic rings. The Hall–Kier alpha value is -1.66. The quantitative estimate of drug-likeness (QED) is 0.936. The van der Waals surface area contributed by atoms with Crippen LogP contribution >= 0.6 is 11.6 Å². The second-order valence-electron chi connectivity index (χ2n) is 3.99. The van der Waals surface area contributed by atoms with Gasteiger partial charge in [-0.15, -0.1) is 0 Å². The Balaban J connectivity index is 2.07. The second-order valence-corrected chi connectivity index (χ2v) is 6.41. The van der Waals surface area contributed by atoms with Gasteiger partial charge in [-0.1, -0.05) is 23.7 Å². The highest BCUT2D eigenvalue weighted by molar-refractivity contribution is 7.90. The highest BCUT2D eigenvalue weighted by atomic mass is 35.5. The molecule has 0 spiro atoms. The highest BCUT2D eigenvalue weighted by Gasteiger charge is 2.06. The topological polar surface area (TPSA) is 72.0 Å². The maximum absolute atomic E-state index is 11.3. The minimum Gasteiger partial charge on any atom is -0.365 e. The lowest BCUT2D eigenvalue weighted by molar-refractivity contribution is 0.602. The van der Waals surface area contributed by atoms with Crippen LogP contribution in [0.15, 0.2) is 41.7 Å². The van der Waals surface area contributed by atoms with Crippen LogP contribution in [0.1, 0.15) is 5.56 Å². The predicted molar refractivity (Wildman–Crippen MR) is 73.9 cm³/mol. The first-order chi connectivity index (χ1) is 8.97. The molecule has 7 heteroatoms. The maximum Gasteiger partial charge on any atom is 0.175 e. The number of benzene rings is 1. The van der Waals surface area contributed by atoms with Gasteiger partial charge in [-0.3, -0.25) is 0 Å². The van der Waals surface area contributed by atoms with Crippen molar-refractivity contribution < 1.29 is 8.42 Å². The third-order valence-corrected chi connectivity index (χ3v) is 3.88. The average molecular weight is 298 g/mol. The minimum absolute atomic E-state index is 0.302. The molecule has 1 heterocycles. The van der Waals surface area contributed by atoms with Crippen molar-refractivity contribution in [3.63, 3.8) is 0 Å². The molecule has 0 unspecified atom stereocenters. The van der Waals surface area contributed by atoms with Crippen LogP contribution in [-0.4, -0.2) is 24.6 Å². The number of hydrogen-bond acceptors (Lipinski definition) is 5. The molecule has 1 N–H and O–H groups in total. The molecule has 19 heavy (non-hydrogen) atoms. The van der Waals surface area contributed by atoms with E-state index in [0.29, 0.717) is 22.3 Å². The van der Waals surface area contributed by atoms with E-state index in [-0.39, 0.29) is 0 Å². The van der Waals surface area contributed by atoms with Crippen molar-refractivity contribution in [3.8, 4) is 0 Å². The van der Waals surface area contributed by atoms with Crippen LogP contribution in [0.2, 0.25) is 5.02 Å². The first-order valence-corrected chi connectivity index (χ1v) is 7.72. The summed E-state index contributed by atoms with van der Waals surface area (Å²) in [5, 5.41) is 3.49. The molecule has 0 atom stereocenters. The Kier molecular flexibility index (Phi) is 4.01. The first kappa shape index (κ1) is 13.8. The molecule has 0 aliphatic carbocycles. The summed E-state index contributed by atoms with van der Waals surface area (Å²) in [6, 6.07) is 6.65. The fourth-order valence-electron chi connectivity index (χ4n) is 1.48. The van der Waals surface area contributed by atoms with Crippen molar-refractivity contribution in [1.82, 2.24) is 9.97 Å². The van der Waals surface area contributed by atoms with Crippen molar-refractivity contribution in [2.24, 2.45) is 0 Å². The lowest BCUT2D eigenvalue weighted by atomic mass is 10.2. The molecular formula is C12H12ClN3O2S. The van der Waals surface area contributed by atoms with Crippen molar-refractivity contribution in [2.75, 3.05) is 11.6 Å². The molecule has 1 aromatic heterocycles. The summed E-state index contributed by atoms with van der Waals surface area (Å²) in [5.74, 6) is 0.545. The third kappa shape index (κ3) is 3.65. The van der Waals surface area contributed by atoms with E-state index in [1.165, 1.54) is 18.8 Å². The Morgan fingerprint density at radius 2 is 1.95 bits per heavy atom. The summed E-state index contributed by atoms with van der Waals surface area (Å²) >= 11 is 5.91. The maximum atomic E-state index is 11.3. The van der Waals surface area contributed by atoms with Crippen molar-refractivity contribution >= 4 is 27.3 Å². The molecule has 0 saturated carbocycles. The lowest BCUT2D eigenvalue weighted by Gasteiger charge is -2.07. The van der Waals surface area contributed by atoms with E-state index >= 15 is 0 Å². The van der Waals surface area contributed by atoms with Gasteiger partial charge in [-0.2, -0.15) is 0 Å². The zero-order valence-electron chi connectivity index (χ0n) is 10.2. The molecule has 0 aliphatic heterocycles. The standard InChI is InChI=1S/C12H12ClN3O2S/c1-19(17,18)10-4-2-9(3-5-10)6-15-12-11(13)7-14-8-16-12/h2-5,7-8H,6H2,1H3,(H,14,15,16). The van der Waals surface area contributed by atoms with E-state index in [9.17, 15) is 8.42 Å². The fraction of sp³-hybridized carbons (Fsp3) is 0.167. The van der Waals surface area contributed by atoms with Gasteiger partial charge < -0.3 is 5.32 Å². The van der Waals surface area contributed by atoms with E-state index in [4.69, 9.17) is 11.6 Å². The molecule has 0 bridgehead atoms. The van der Waals surface area contributed by atoms with E-state index < -0.39 is 9.84 Å². The second kappa shape index (κ2) is 5.54. The number of nitrogens with one attached hydrogen (secondary N) is 1. The van der Waals surface area contributed by atoms with Gasteiger partial charge in [-0.25, -0.2) is 18.4 Å². The van der Waals surface area contributed by atoms with Crippen LogP contribution in [0.4, 0.5) is 5.82 Å². The molecule has 2 aromatic rings. The Labute approximate surface area is 116 Å². The molecule has 0 radical (unpaired) electrons. The van der Waals surface area contributed by atoms with Crippen LogP contribution in [-0.2, 0) is 16.4 Å². The summed E-state index contributed by atoms with van der Waals surface area (Å²) in [7, 11) is -3.16. The Morgan fingerprint density at radius 3 is 2.53 bits per heavy atom. The zero-order valence-corrected chi connectivity index (χ0v) is 11.7. The SMILES string of the molecule is CS(=O)(=O)c1ccc(CNc2ncncc2Cl)cc1. The number of halogens is 1. The highest BCUT2D eigenvalue weighted by Crippen LogP contribution is 2.17. The van der Waals surface area contributed by atoms with Gasteiger partial charge >= 0.3 is 0 Å². The molecule has 1 aromatic carbocycles. The van der Waals surface area contributed by atoms with Gasteiger partial charge in [0, 0.05) is 12.8 Å². The van der Waals surface area contributed by atoms with E-state index in [1.54, 1.807) is 24.3 Å². The number of anilines is 1. The predicted octanol–water partition coefficient (Wildman–Crippen LogP) is 2.15. The molecule has 0 saturated heterocycles. The molecule has 2 rings (SSSR count). The number of aromatic nitrogens is 2.